The second-order valence-corrected chi connectivity index (χ2v) is 3.08. The Morgan fingerprint density at radius 2 is 2.50 bits per heavy atom. The molecule has 0 aliphatic heterocycles. The van der Waals surface area contributed by atoms with Gasteiger partial charge in [-0.05, 0) is 28.1 Å². The SMILES string of the molecule is O=C(Nc1cccnc1Br)OCCO. The fourth-order valence-corrected chi connectivity index (χ4v) is 1.11. The first-order valence-corrected chi connectivity index (χ1v) is 4.68. The molecule has 0 atom stereocenters. The number of nitrogens with zero attached hydrogens (tertiary/aromatic N) is 1. The first-order chi connectivity index (χ1) is 6.74. The number of ether oxygens (including phenoxy) is 1. The third kappa shape index (κ3) is 3.31. The third-order valence-electron chi connectivity index (χ3n) is 1.32. The summed E-state index contributed by atoms with van der Waals surface area (Å²) < 4.78 is 5.13. The second-order valence-electron chi connectivity index (χ2n) is 2.33. The highest BCUT2D eigenvalue weighted by molar-refractivity contribution is 9.10. The van der Waals surface area contributed by atoms with Gasteiger partial charge >= 0.3 is 6.09 Å². The van der Waals surface area contributed by atoms with Gasteiger partial charge in [0.25, 0.3) is 0 Å². The topological polar surface area (TPSA) is 71.5 Å². The quantitative estimate of drug-likeness (QED) is 0.806. The van der Waals surface area contributed by atoms with Crippen molar-refractivity contribution in [3.63, 3.8) is 0 Å². The maximum absolute atomic E-state index is 11.0. The number of carbonyl (C=O) groups excluding carboxylic acids is 1. The molecule has 0 radical (unpaired) electrons. The number of aliphatic hydroxyl groups is 1. The first-order valence-electron chi connectivity index (χ1n) is 3.89. The molecular weight excluding hydrogens is 252 g/mol. The number of halogens is 1. The molecule has 5 nitrogen and oxygen atoms in total. The van der Waals surface area contributed by atoms with Crippen molar-refractivity contribution in [2.75, 3.05) is 18.5 Å². The lowest BCUT2D eigenvalue weighted by molar-refractivity contribution is 0.131. The number of carbonyl (C=O) groups is 1. The number of amides is 1. The van der Waals surface area contributed by atoms with Gasteiger partial charge in [-0.1, -0.05) is 0 Å². The number of pyridine rings is 1. The molecule has 1 amide bonds. The molecule has 0 aliphatic rings. The van der Waals surface area contributed by atoms with E-state index in [1.54, 1.807) is 18.3 Å². The van der Waals surface area contributed by atoms with Crippen LogP contribution in [0.4, 0.5) is 10.5 Å². The number of rotatable bonds is 3. The average molecular weight is 261 g/mol. The lowest BCUT2D eigenvalue weighted by Gasteiger charge is -2.06. The highest BCUT2D eigenvalue weighted by atomic mass is 79.9. The third-order valence-corrected chi connectivity index (χ3v) is 1.95. The van der Waals surface area contributed by atoms with Crippen LogP contribution >= 0.6 is 15.9 Å². The van der Waals surface area contributed by atoms with Gasteiger partial charge in [0, 0.05) is 6.20 Å². The number of hydrogen-bond donors (Lipinski definition) is 2. The summed E-state index contributed by atoms with van der Waals surface area (Å²) in [5.41, 5.74) is 0.524. The van der Waals surface area contributed by atoms with Crippen LogP contribution in [-0.2, 0) is 4.74 Å². The smallest absolute Gasteiger partial charge is 0.411 e. The van der Waals surface area contributed by atoms with E-state index in [1.807, 2.05) is 0 Å². The fraction of sp³-hybridized carbons (Fsp3) is 0.250. The Morgan fingerprint density at radius 1 is 1.71 bits per heavy atom. The van der Waals surface area contributed by atoms with Crippen LogP contribution in [0.15, 0.2) is 22.9 Å². The fourth-order valence-electron chi connectivity index (χ4n) is 0.764. The number of nitrogens with one attached hydrogen (secondary N) is 1. The van der Waals surface area contributed by atoms with Crippen LogP contribution in [0.1, 0.15) is 0 Å². The molecular formula is C8H9BrN2O3. The molecule has 2 N–H and O–H groups in total. The van der Waals surface area contributed by atoms with E-state index in [0.29, 0.717) is 10.3 Å². The summed E-state index contributed by atoms with van der Waals surface area (Å²) in [4.78, 5) is 14.9. The highest BCUT2D eigenvalue weighted by Gasteiger charge is 2.05. The molecule has 0 unspecified atom stereocenters. The molecule has 76 valence electrons. The van der Waals surface area contributed by atoms with E-state index in [0.717, 1.165) is 0 Å². The van der Waals surface area contributed by atoms with E-state index >= 15 is 0 Å². The van der Waals surface area contributed by atoms with Crippen molar-refractivity contribution in [1.82, 2.24) is 4.98 Å². The van der Waals surface area contributed by atoms with Crippen LogP contribution in [0, 0.1) is 0 Å². The van der Waals surface area contributed by atoms with Crippen molar-refractivity contribution in [3.05, 3.63) is 22.9 Å². The summed E-state index contributed by atoms with van der Waals surface area (Å²) in [5, 5.41) is 10.9. The molecule has 14 heavy (non-hydrogen) atoms. The number of aromatic nitrogens is 1. The van der Waals surface area contributed by atoms with Crippen molar-refractivity contribution in [2.24, 2.45) is 0 Å². The van der Waals surface area contributed by atoms with E-state index < -0.39 is 6.09 Å². The molecule has 1 rings (SSSR count). The van der Waals surface area contributed by atoms with Gasteiger partial charge in [0.15, 0.2) is 0 Å². The van der Waals surface area contributed by atoms with Crippen LogP contribution in [0.3, 0.4) is 0 Å². The van der Waals surface area contributed by atoms with Crippen LogP contribution in [0.5, 0.6) is 0 Å². The molecule has 0 fully saturated rings. The van der Waals surface area contributed by atoms with E-state index in [4.69, 9.17) is 5.11 Å². The lowest BCUT2D eigenvalue weighted by atomic mass is 10.4. The summed E-state index contributed by atoms with van der Waals surface area (Å²) in [7, 11) is 0. The minimum absolute atomic E-state index is 0.0241. The molecule has 0 saturated carbocycles. The standard InChI is InChI=1S/C8H9BrN2O3/c9-7-6(2-1-3-10-7)11-8(13)14-5-4-12/h1-3,12H,4-5H2,(H,11,13). The van der Waals surface area contributed by atoms with Crippen LogP contribution in [0.25, 0.3) is 0 Å². The average Bonchev–Trinajstić information content (AvgIpc) is 2.18. The molecule has 0 spiro atoms. The van der Waals surface area contributed by atoms with E-state index in [9.17, 15) is 4.79 Å². The molecule has 0 aliphatic carbocycles. The van der Waals surface area contributed by atoms with Gasteiger partial charge in [0.05, 0.1) is 12.3 Å². The zero-order valence-electron chi connectivity index (χ0n) is 7.24. The van der Waals surface area contributed by atoms with Gasteiger partial charge in [-0.3, -0.25) is 5.32 Å². The Balaban J connectivity index is 2.52. The monoisotopic (exact) mass is 260 g/mol. The second kappa shape index (κ2) is 5.56. The van der Waals surface area contributed by atoms with Gasteiger partial charge in [0.2, 0.25) is 0 Å². The Bertz CT molecular complexity index is 319. The Kier molecular flexibility index (Phi) is 4.34. The molecule has 1 aromatic rings. The van der Waals surface area contributed by atoms with Crippen molar-refractivity contribution in [3.8, 4) is 0 Å². The zero-order chi connectivity index (χ0) is 10.4. The number of aliphatic hydroxyl groups excluding tert-OH is 1. The van der Waals surface area contributed by atoms with Gasteiger partial charge in [-0.2, -0.15) is 0 Å². The Hall–Kier alpha value is -1.14. The summed E-state index contributed by atoms with van der Waals surface area (Å²) in [6.07, 6.45) is 0.974. The maximum Gasteiger partial charge on any atom is 0.411 e. The predicted molar refractivity (Wildman–Crippen MR) is 54.0 cm³/mol. The van der Waals surface area contributed by atoms with Gasteiger partial charge in [-0.15, -0.1) is 0 Å². The Labute approximate surface area is 89.2 Å². The van der Waals surface area contributed by atoms with Crippen LogP contribution in [-0.4, -0.2) is 29.4 Å². The van der Waals surface area contributed by atoms with Gasteiger partial charge in [0.1, 0.15) is 11.2 Å². The molecule has 1 heterocycles. The minimum Gasteiger partial charge on any atom is -0.447 e. The number of anilines is 1. The van der Waals surface area contributed by atoms with Crippen molar-refractivity contribution < 1.29 is 14.6 Å². The number of hydrogen-bond acceptors (Lipinski definition) is 4. The van der Waals surface area contributed by atoms with Crippen LogP contribution in [0.2, 0.25) is 0 Å². The zero-order valence-corrected chi connectivity index (χ0v) is 8.82. The molecule has 6 heteroatoms. The predicted octanol–water partition coefficient (Wildman–Crippen LogP) is 1.38. The maximum atomic E-state index is 11.0. The van der Waals surface area contributed by atoms with Crippen molar-refractivity contribution >= 4 is 27.7 Å². The minimum atomic E-state index is -0.618. The molecule has 1 aromatic heterocycles. The largest absolute Gasteiger partial charge is 0.447 e. The molecule has 0 aromatic carbocycles. The summed E-state index contributed by atoms with van der Waals surface area (Å²) in [5.74, 6) is 0. The lowest BCUT2D eigenvalue weighted by Crippen LogP contribution is -2.16. The molecule has 0 bridgehead atoms. The van der Waals surface area contributed by atoms with Crippen molar-refractivity contribution in [2.45, 2.75) is 0 Å². The Morgan fingerprint density at radius 3 is 3.14 bits per heavy atom. The van der Waals surface area contributed by atoms with Gasteiger partial charge < -0.3 is 9.84 Å². The summed E-state index contributed by atoms with van der Waals surface area (Å²) >= 11 is 3.16. The summed E-state index contributed by atoms with van der Waals surface area (Å²) in [6, 6.07) is 3.36. The highest BCUT2D eigenvalue weighted by Crippen LogP contribution is 2.18. The van der Waals surface area contributed by atoms with Crippen LogP contribution < -0.4 is 5.32 Å². The molecule has 0 saturated heterocycles. The van der Waals surface area contributed by atoms with Crippen molar-refractivity contribution in [1.29, 1.82) is 0 Å². The first kappa shape index (κ1) is 10.9. The van der Waals surface area contributed by atoms with E-state index in [2.05, 4.69) is 31.0 Å². The van der Waals surface area contributed by atoms with Gasteiger partial charge in [-0.25, -0.2) is 9.78 Å². The normalized spacial score (nSPS) is 9.57. The van der Waals surface area contributed by atoms with E-state index in [-0.39, 0.29) is 13.2 Å². The summed E-state index contributed by atoms with van der Waals surface area (Å²) in [6.45, 7) is -0.217. The van der Waals surface area contributed by atoms with E-state index in [1.165, 1.54) is 0 Å².